The van der Waals surface area contributed by atoms with Crippen LogP contribution >= 0.6 is 0 Å². The summed E-state index contributed by atoms with van der Waals surface area (Å²) in [5.74, 6) is 2.50. The van der Waals surface area contributed by atoms with Crippen LogP contribution in [0.5, 0.6) is 11.5 Å². The van der Waals surface area contributed by atoms with Gasteiger partial charge in [-0.15, -0.1) is 0 Å². The number of para-hydroxylation sites is 1. The number of amides is 1. The zero-order valence-electron chi connectivity index (χ0n) is 12.9. The molecule has 114 valence electrons. The van der Waals surface area contributed by atoms with Gasteiger partial charge in [-0.05, 0) is 42.2 Å². The van der Waals surface area contributed by atoms with Gasteiger partial charge in [0, 0.05) is 19.5 Å². The smallest absolute Gasteiger partial charge is 0.222 e. The summed E-state index contributed by atoms with van der Waals surface area (Å²) in [6.45, 7) is 3.76. The molecule has 22 heavy (non-hydrogen) atoms. The normalized spacial score (nSPS) is 18.3. The molecule has 0 saturated carbocycles. The second-order valence-corrected chi connectivity index (χ2v) is 5.98. The van der Waals surface area contributed by atoms with Crippen LogP contribution in [-0.2, 0) is 11.3 Å². The Morgan fingerprint density at radius 3 is 2.45 bits per heavy atom. The first-order valence-corrected chi connectivity index (χ1v) is 7.80. The van der Waals surface area contributed by atoms with Crippen LogP contribution in [0.2, 0.25) is 0 Å². The molecule has 0 radical (unpaired) electrons. The van der Waals surface area contributed by atoms with Crippen molar-refractivity contribution >= 4 is 5.91 Å². The molecule has 1 fully saturated rings. The zero-order chi connectivity index (χ0) is 15.4. The molecular formula is C19H21NO2. The lowest BCUT2D eigenvalue weighted by atomic mass is 9.99. The van der Waals surface area contributed by atoms with Gasteiger partial charge in [-0.1, -0.05) is 37.3 Å². The van der Waals surface area contributed by atoms with E-state index in [1.165, 1.54) is 0 Å². The Kier molecular flexibility index (Phi) is 4.42. The van der Waals surface area contributed by atoms with Crippen molar-refractivity contribution in [1.82, 2.24) is 4.90 Å². The standard InChI is InChI=1S/C19H21NO2/c1-15-7-12-19(21)20(13-15)14-16-8-10-18(11-9-16)22-17-5-3-2-4-6-17/h2-6,8-11,15H,7,12-14H2,1H3. The summed E-state index contributed by atoms with van der Waals surface area (Å²) in [5, 5.41) is 0. The number of likely N-dealkylation sites (tertiary alicyclic amines) is 1. The Bertz CT molecular complexity index is 622. The zero-order valence-corrected chi connectivity index (χ0v) is 12.9. The third kappa shape index (κ3) is 3.67. The van der Waals surface area contributed by atoms with Gasteiger partial charge in [0.1, 0.15) is 11.5 Å². The molecule has 0 bridgehead atoms. The van der Waals surface area contributed by atoms with Gasteiger partial charge in [-0.3, -0.25) is 4.79 Å². The molecule has 1 heterocycles. The maximum absolute atomic E-state index is 12.0. The maximum Gasteiger partial charge on any atom is 0.222 e. The maximum atomic E-state index is 12.0. The predicted molar refractivity (Wildman–Crippen MR) is 86.8 cm³/mol. The SMILES string of the molecule is CC1CCC(=O)N(Cc2ccc(Oc3ccccc3)cc2)C1. The van der Waals surface area contributed by atoms with E-state index in [9.17, 15) is 4.79 Å². The fourth-order valence-electron chi connectivity index (χ4n) is 2.76. The summed E-state index contributed by atoms with van der Waals surface area (Å²) in [5.41, 5.74) is 1.14. The van der Waals surface area contributed by atoms with Gasteiger partial charge < -0.3 is 9.64 Å². The summed E-state index contributed by atoms with van der Waals surface area (Å²) in [6.07, 6.45) is 1.69. The third-order valence-electron chi connectivity index (χ3n) is 4.01. The Hall–Kier alpha value is -2.29. The monoisotopic (exact) mass is 295 g/mol. The summed E-state index contributed by atoms with van der Waals surface area (Å²) >= 11 is 0. The number of carbonyl (C=O) groups is 1. The number of benzene rings is 2. The number of piperidine rings is 1. The topological polar surface area (TPSA) is 29.5 Å². The molecule has 0 aliphatic carbocycles. The summed E-state index contributed by atoms with van der Waals surface area (Å²) in [6, 6.07) is 17.7. The number of nitrogens with zero attached hydrogens (tertiary/aromatic N) is 1. The number of carbonyl (C=O) groups excluding carboxylic acids is 1. The van der Waals surface area contributed by atoms with Gasteiger partial charge >= 0.3 is 0 Å². The van der Waals surface area contributed by atoms with Crippen LogP contribution in [0.15, 0.2) is 54.6 Å². The van der Waals surface area contributed by atoms with E-state index in [1.54, 1.807) is 0 Å². The fraction of sp³-hybridized carbons (Fsp3) is 0.316. The van der Waals surface area contributed by atoms with Crippen molar-refractivity contribution in [2.45, 2.75) is 26.3 Å². The molecule has 1 aliphatic heterocycles. The first kappa shape index (κ1) is 14.6. The molecule has 0 spiro atoms. The highest BCUT2D eigenvalue weighted by molar-refractivity contribution is 5.76. The Morgan fingerprint density at radius 1 is 1.05 bits per heavy atom. The Morgan fingerprint density at radius 2 is 1.73 bits per heavy atom. The van der Waals surface area contributed by atoms with E-state index in [2.05, 4.69) is 6.92 Å². The van der Waals surface area contributed by atoms with Crippen LogP contribution in [0.25, 0.3) is 0 Å². The van der Waals surface area contributed by atoms with Crippen LogP contribution in [0.3, 0.4) is 0 Å². The van der Waals surface area contributed by atoms with Crippen molar-refractivity contribution in [2.24, 2.45) is 5.92 Å². The lowest BCUT2D eigenvalue weighted by Gasteiger charge is -2.30. The minimum absolute atomic E-state index is 0.266. The molecule has 3 rings (SSSR count). The minimum Gasteiger partial charge on any atom is -0.457 e. The van der Waals surface area contributed by atoms with Crippen molar-refractivity contribution < 1.29 is 9.53 Å². The van der Waals surface area contributed by atoms with E-state index < -0.39 is 0 Å². The molecule has 3 heteroatoms. The molecule has 1 atom stereocenters. The van der Waals surface area contributed by atoms with E-state index in [4.69, 9.17) is 4.74 Å². The molecule has 1 unspecified atom stereocenters. The van der Waals surface area contributed by atoms with E-state index in [1.807, 2.05) is 59.5 Å². The van der Waals surface area contributed by atoms with E-state index in [0.717, 1.165) is 30.0 Å². The summed E-state index contributed by atoms with van der Waals surface area (Å²) in [7, 11) is 0. The first-order chi connectivity index (χ1) is 10.7. The number of ether oxygens (including phenoxy) is 1. The van der Waals surface area contributed by atoms with Crippen LogP contribution in [0.1, 0.15) is 25.3 Å². The summed E-state index contributed by atoms with van der Waals surface area (Å²) in [4.78, 5) is 13.9. The first-order valence-electron chi connectivity index (χ1n) is 7.80. The second-order valence-electron chi connectivity index (χ2n) is 5.98. The third-order valence-corrected chi connectivity index (χ3v) is 4.01. The van der Waals surface area contributed by atoms with Crippen LogP contribution < -0.4 is 4.74 Å². The summed E-state index contributed by atoms with van der Waals surface area (Å²) < 4.78 is 5.78. The molecule has 0 aromatic heterocycles. The highest BCUT2D eigenvalue weighted by Crippen LogP contribution is 2.23. The van der Waals surface area contributed by atoms with Gasteiger partial charge in [0.15, 0.2) is 0 Å². The molecule has 1 amide bonds. The van der Waals surface area contributed by atoms with Crippen LogP contribution in [-0.4, -0.2) is 17.4 Å². The van der Waals surface area contributed by atoms with Crippen molar-refractivity contribution in [3.63, 3.8) is 0 Å². The Labute approximate surface area is 131 Å². The molecule has 1 aliphatic rings. The van der Waals surface area contributed by atoms with E-state index >= 15 is 0 Å². The number of hydrogen-bond donors (Lipinski definition) is 0. The van der Waals surface area contributed by atoms with Crippen LogP contribution in [0.4, 0.5) is 0 Å². The number of rotatable bonds is 4. The highest BCUT2D eigenvalue weighted by Gasteiger charge is 2.22. The van der Waals surface area contributed by atoms with Crippen molar-refractivity contribution in [3.05, 3.63) is 60.2 Å². The average Bonchev–Trinajstić information content (AvgIpc) is 2.54. The second kappa shape index (κ2) is 6.65. The predicted octanol–water partition coefficient (Wildman–Crippen LogP) is 4.24. The van der Waals surface area contributed by atoms with Gasteiger partial charge in [-0.2, -0.15) is 0 Å². The molecular weight excluding hydrogens is 274 g/mol. The Balaban J connectivity index is 1.63. The van der Waals surface area contributed by atoms with E-state index in [-0.39, 0.29) is 5.91 Å². The average molecular weight is 295 g/mol. The van der Waals surface area contributed by atoms with Crippen molar-refractivity contribution in [3.8, 4) is 11.5 Å². The van der Waals surface area contributed by atoms with Gasteiger partial charge in [-0.25, -0.2) is 0 Å². The molecule has 0 N–H and O–H groups in total. The molecule has 2 aromatic carbocycles. The molecule has 3 nitrogen and oxygen atoms in total. The van der Waals surface area contributed by atoms with E-state index in [0.29, 0.717) is 18.9 Å². The van der Waals surface area contributed by atoms with Crippen molar-refractivity contribution in [1.29, 1.82) is 0 Å². The van der Waals surface area contributed by atoms with Gasteiger partial charge in [0.05, 0.1) is 0 Å². The quantitative estimate of drug-likeness (QED) is 0.844. The minimum atomic E-state index is 0.266. The fourth-order valence-corrected chi connectivity index (χ4v) is 2.76. The lowest BCUT2D eigenvalue weighted by Crippen LogP contribution is -2.38. The van der Waals surface area contributed by atoms with Crippen molar-refractivity contribution in [2.75, 3.05) is 6.54 Å². The van der Waals surface area contributed by atoms with Gasteiger partial charge in [0.25, 0.3) is 0 Å². The highest BCUT2D eigenvalue weighted by atomic mass is 16.5. The number of hydrogen-bond acceptors (Lipinski definition) is 2. The molecule has 1 saturated heterocycles. The lowest BCUT2D eigenvalue weighted by molar-refractivity contribution is -0.135. The van der Waals surface area contributed by atoms with Crippen LogP contribution in [0, 0.1) is 5.92 Å². The molecule has 2 aromatic rings. The largest absolute Gasteiger partial charge is 0.457 e. The van der Waals surface area contributed by atoms with Gasteiger partial charge in [0.2, 0.25) is 5.91 Å².